The molecule has 1 heterocycles. The van der Waals surface area contributed by atoms with Gasteiger partial charge in [-0.25, -0.2) is 0 Å². The van der Waals surface area contributed by atoms with Gasteiger partial charge in [-0.2, -0.15) is 0 Å². The van der Waals surface area contributed by atoms with Gasteiger partial charge in [-0.15, -0.1) is 11.3 Å². The largest absolute Gasteiger partial charge is 0.309 e. The summed E-state index contributed by atoms with van der Waals surface area (Å²) < 4.78 is 2.55. The van der Waals surface area contributed by atoms with E-state index in [2.05, 4.69) is 241 Å². The zero-order valence-corrected chi connectivity index (χ0v) is 35.2. The molecule has 0 radical (unpaired) electrons. The van der Waals surface area contributed by atoms with Crippen LogP contribution in [0.25, 0.3) is 75.8 Å². The van der Waals surface area contributed by atoms with Crippen molar-refractivity contribution >= 4 is 48.6 Å². The molecule has 1 nitrogen and oxygen atoms in total. The average Bonchev–Trinajstić information content (AvgIpc) is 3.99. The highest BCUT2D eigenvalue weighted by Gasteiger charge is 2.51. The van der Waals surface area contributed by atoms with Crippen molar-refractivity contribution in [2.45, 2.75) is 5.41 Å². The predicted molar refractivity (Wildman–Crippen MR) is 267 cm³/mol. The highest BCUT2D eigenvalue weighted by atomic mass is 32.1. The molecule has 294 valence electrons. The molecule has 11 aromatic rings. The van der Waals surface area contributed by atoms with Gasteiger partial charge in [-0.1, -0.05) is 188 Å². The Morgan fingerprint density at radius 1 is 0.302 bits per heavy atom. The fourth-order valence-electron chi connectivity index (χ4n) is 10.7. The first kappa shape index (κ1) is 35.9. The lowest BCUT2D eigenvalue weighted by molar-refractivity contribution is 0.794. The lowest BCUT2D eigenvalue weighted by Crippen LogP contribution is -2.25. The minimum atomic E-state index is -0.413. The molecule has 1 spiro atoms. The Balaban J connectivity index is 1.05. The number of anilines is 3. The van der Waals surface area contributed by atoms with Gasteiger partial charge in [0.25, 0.3) is 0 Å². The third-order valence-corrected chi connectivity index (χ3v) is 14.7. The number of rotatable bonds is 6. The highest BCUT2D eigenvalue weighted by molar-refractivity contribution is 7.26. The summed E-state index contributed by atoms with van der Waals surface area (Å²) in [6, 6.07) is 87.7. The molecule has 0 saturated carbocycles. The standard InChI is InChI=1S/C61H39NS/c1-3-15-40(16-4-1)42-27-32-46(33-28-42)62(47-34-29-43(30-35-47)41-17-5-2-6-18-41)58-39-45(37-53-52-22-10-14-26-59(52)63-60(53)58)44-31-36-51-50-21-9-13-25-56(50)61(57(51)38-44)54-23-11-7-19-48(54)49-20-8-12-24-55(49)61/h1-39H. The summed E-state index contributed by atoms with van der Waals surface area (Å²) in [5.74, 6) is 0. The fraction of sp³-hybridized carbons (Fsp3) is 0.0164. The third-order valence-electron chi connectivity index (χ3n) is 13.5. The zero-order chi connectivity index (χ0) is 41.5. The second-order valence-corrected chi connectivity index (χ2v) is 17.8. The molecule has 0 amide bonds. The third kappa shape index (κ3) is 5.42. The first-order chi connectivity index (χ1) is 31.2. The molecule has 0 bridgehead atoms. The summed E-state index contributed by atoms with van der Waals surface area (Å²) in [5, 5.41) is 2.55. The first-order valence-corrected chi connectivity index (χ1v) is 22.6. The number of nitrogens with zero attached hydrogens (tertiary/aromatic N) is 1. The van der Waals surface area contributed by atoms with Crippen molar-refractivity contribution in [3.8, 4) is 55.6 Å². The van der Waals surface area contributed by atoms with Gasteiger partial charge in [0.2, 0.25) is 0 Å². The fourth-order valence-corrected chi connectivity index (χ4v) is 11.9. The Labute approximate surface area is 371 Å². The van der Waals surface area contributed by atoms with Gasteiger partial charge < -0.3 is 4.90 Å². The van der Waals surface area contributed by atoms with Crippen molar-refractivity contribution in [3.05, 3.63) is 259 Å². The Morgan fingerprint density at radius 3 is 1.30 bits per heavy atom. The molecule has 0 aliphatic heterocycles. The van der Waals surface area contributed by atoms with E-state index in [1.807, 2.05) is 11.3 Å². The van der Waals surface area contributed by atoms with Gasteiger partial charge in [-0.3, -0.25) is 0 Å². The van der Waals surface area contributed by atoms with Crippen LogP contribution in [-0.2, 0) is 5.41 Å². The van der Waals surface area contributed by atoms with E-state index in [1.165, 1.54) is 104 Å². The minimum absolute atomic E-state index is 0.413. The van der Waals surface area contributed by atoms with E-state index in [9.17, 15) is 0 Å². The Hall–Kier alpha value is -7.78. The van der Waals surface area contributed by atoms with Crippen LogP contribution in [0.4, 0.5) is 17.1 Å². The van der Waals surface area contributed by atoms with Gasteiger partial charge in [0.1, 0.15) is 0 Å². The van der Waals surface area contributed by atoms with Crippen molar-refractivity contribution in [2.24, 2.45) is 0 Å². The van der Waals surface area contributed by atoms with E-state index in [-0.39, 0.29) is 0 Å². The molecule has 13 rings (SSSR count). The molecule has 0 fully saturated rings. The smallest absolute Gasteiger partial charge is 0.0725 e. The lowest BCUT2D eigenvalue weighted by atomic mass is 9.70. The van der Waals surface area contributed by atoms with Crippen LogP contribution in [0, 0.1) is 0 Å². The van der Waals surface area contributed by atoms with Crippen LogP contribution in [0.2, 0.25) is 0 Å². The van der Waals surface area contributed by atoms with Crippen molar-refractivity contribution in [3.63, 3.8) is 0 Å². The molecular weight excluding hydrogens is 779 g/mol. The second-order valence-electron chi connectivity index (χ2n) is 16.8. The molecule has 2 aliphatic carbocycles. The van der Waals surface area contributed by atoms with E-state index >= 15 is 0 Å². The first-order valence-electron chi connectivity index (χ1n) is 21.7. The summed E-state index contributed by atoms with van der Waals surface area (Å²) in [6.45, 7) is 0. The number of hydrogen-bond acceptors (Lipinski definition) is 2. The maximum absolute atomic E-state index is 2.52. The van der Waals surface area contributed by atoms with Crippen LogP contribution in [0.1, 0.15) is 22.3 Å². The highest BCUT2D eigenvalue weighted by Crippen LogP contribution is 2.63. The predicted octanol–water partition coefficient (Wildman–Crippen LogP) is 16.9. The van der Waals surface area contributed by atoms with E-state index in [0.29, 0.717) is 0 Å². The Kier molecular flexibility index (Phi) is 8.06. The molecule has 0 saturated heterocycles. The van der Waals surface area contributed by atoms with E-state index < -0.39 is 5.41 Å². The van der Waals surface area contributed by atoms with Crippen LogP contribution in [0.15, 0.2) is 237 Å². The summed E-state index contributed by atoms with van der Waals surface area (Å²) in [7, 11) is 0. The minimum Gasteiger partial charge on any atom is -0.309 e. The average molecular weight is 818 g/mol. The summed E-state index contributed by atoms with van der Waals surface area (Å²) >= 11 is 1.88. The van der Waals surface area contributed by atoms with Crippen molar-refractivity contribution in [2.75, 3.05) is 4.90 Å². The van der Waals surface area contributed by atoms with Gasteiger partial charge in [0.15, 0.2) is 0 Å². The Bertz CT molecular complexity index is 3400. The van der Waals surface area contributed by atoms with Crippen molar-refractivity contribution in [1.29, 1.82) is 0 Å². The van der Waals surface area contributed by atoms with Gasteiger partial charge in [0.05, 0.1) is 15.8 Å². The molecule has 10 aromatic carbocycles. The van der Waals surface area contributed by atoms with Gasteiger partial charge in [-0.05, 0) is 126 Å². The quantitative estimate of drug-likeness (QED) is 0.162. The number of fused-ring (bicyclic) bond motifs is 13. The number of thiophene rings is 1. The van der Waals surface area contributed by atoms with Gasteiger partial charge in [0, 0.05) is 26.8 Å². The summed E-state index contributed by atoms with van der Waals surface area (Å²) in [4.78, 5) is 2.47. The molecule has 2 heteroatoms. The van der Waals surface area contributed by atoms with E-state index in [1.54, 1.807) is 0 Å². The maximum Gasteiger partial charge on any atom is 0.0725 e. The normalized spacial score (nSPS) is 12.9. The summed E-state index contributed by atoms with van der Waals surface area (Å²) in [5.41, 5.74) is 20.9. The van der Waals surface area contributed by atoms with Crippen molar-refractivity contribution in [1.82, 2.24) is 0 Å². The number of benzene rings is 10. The van der Waals surface area contributed by atoms with Crippen LogP contribution >= 0.6 is 11.3 Å². The lowest BCUT2D eigenvalue weighted by Gasteiger charge is -2.31. The molecule has 1 aromatic heterocycles. The van der Waals surface area contributed by atoms with E-state index in [0.717, 1.165) is 11.4 Å². The molecule has 0 atom stereocenters. The van der Waals surface area contributed by atoms with Crippen molar-refractivity contribution < 1.29 is 0 Å². The topological polar surface area (TPSA) is 3.24 Å². The zero-order valence-electron chi connectivity index (χ0n) is 34.4. The second kappa shape index (κ2) is 14.1. The molecular formula is C61H39NS. The van der Waals surface area contributed by atoms with Crippen LogP contribution in [0.3, 0.4) is 0 Å². The van der Waals surface area contributed by atoms with Crippen LogP contribution in [-0.4, -0.2) is 0 Å². The SMILES string of the molecule is c1ccc(-c2ccc(N(c3ccc(-c4ccccc4)cc3)c3cc(-c4ccc5c(c4)C4(c6ccccc6-c6ccccc64)c4ccccc4-5)cc4c3sc3ccccc34)cc2)cc1. The van der Waals surface area contributed by atoms with Crippen LogP contribution < -0.4 is 4.90 Å². The van der Waals surface area contributed by atoms with E-state index in [4.69, 9.17) is 0 Å². The molecule has 0 unspecified atom stereocenters. The summed E-state index contributed by atoms with van der Waals surface area (Å²) in [6.07, 6.45) is 0. The maximum atomic E-state index is 2.52. The molecule has 0 N–H and O–H groups in total. The monoisotopic (exact) mass is 817 g/mol. The molecule has 2 aliphatic rings. The van der Waals surface area contributed by atoms with Crippen LogP contribution in [0.5, 0.6) is 0 Å². The van der Waals surface area contributed by atoms with Gasteiger partial charge >= 0.3 is 0 Å². The number of hydrogen-bond donors (Lipinski definition) is 0. The Morgan fingerprint density at radius 2 is 0.746 bits per heavy atom. The molecule has 63 heavy (non-hydrogen) atoms.